The summed E-state index contributed by atoms with van der Waals surface area (Å²) in [6.07, 6.45) is -2.50. The van der Waals surface area contributed by atoms with Gasteiger partial charge in [-0.05, 0) is 45.7 Å². The summed E-state index contributed by atoms with van der Waals surface area (Å²) in [5, 5.41) is 3.60. The molecule has 1 N–H and O–H groups in total. The third kappa shape index (κ3) is 5.75. The van der Waals surface area contributed by atoms with E-state index in [-0.39, 0.29) is 17.8 Å². The fraction of sp³-hybridized carbons (Fsp3) is 0.440. The van der Waals surface area contributed by atoms with Crippen molar-refractivity contribution < 1.29 is 31.8 Å². The fourth-order valence-electron chi connectivity index (χ4n) is 3.80. The Hall–Kier alpha value is -3.14. The number of hydrogen-bond donors (Lipinski definition) is 1. The third-order valence-electron chi connectivity index (χ3n) is 5.67. The maximum absolute atomic E-state index is 14.7. The first-order chi connectivity index (χ1) is 16.6. The van der Waals surface area contributed by atoms with Gasteiger partial charge in [0.1, 0.15) is 24.1 Å². The first-order valence-electron chi connectivity index (χ1n) is 11.3. The summed E-state index contributed by atoms with van der Waals surface area (Å²) in [6, 6.07) is 5.82. The monoisotopic (exact) mass is 493 g/mol. The molecule has 35 heavy (non-hydrogen) atoms. The number of benzene rings is 2. The lowest BCUT2D eigenvalue weighted by Crippen LogP contribution is -2.19. The maximum Gasteiger partial charge on any atom is 0.419 e. The lowest BCUT2D eigenvalue weighted by Gasteiger charge is -2.20. The number of aromatic nitrogens is 2. The van der Waals surface area contributed by atoms with Crippen LogP contribution in [-0.2, 0) is 10.9 Å². The summed E-state index contributed by atoms with van der Waals surface area (Å²) in [6.45, 7) is 5.49. The van der Waals surface area contributed by atoms with Crippen LogP contribution in [0.2, 0.25) is 0 Å². The van der Waals surface area contributed by atoms with Gasteiger partial charge in [0.05, 0.1) is 36.4 Å². The smallest absolute Gasteiger partial charge is 0.419 e. The van der Waals surface area contributed by atoms with Crippen molar-refractivity contribution in [2.24, 2.45) is 0 Å². The van der Waals surface area contributed by atoms with E-state index < -0.39 is 23.6 Å². The highest BCUT2D eigenvalue weighted by Crippen LogP contribution is 2.37. The molecule has 1 aromatic heterocycles. The van der Waals surface area contributed by atoms with Crippen LogP contribution < -0.4 is 14.8 Å². The Kier molecular flexibility index (Phi) is 7.02. The summed E-state index contributed by atoms with van der Waals surface area (Å²) in [5.41, 5.74) is -0.890. The number of anilines is 1. The number of aryl methyl sites for hydroxylation is 1. The van der Waals surface area contributed by atoms with Crippen LogP contribution >= 0.6 is 0 Å². The van der Waals surface area contributed by atoms with Gasteiger partial charge in [0.25, 0.3) is 0 Å². The number of fused-ring (bicyclic) bond motifs is 1. The first-order valence-corrected chi connectivity index (χ1v) is 11.3. The Morgan fingerprint density at radius 2 is 1.86 bits per heavy atom. The van der Waals surface area contributed by atoms with E-state index in [0.717, 1.165) is 18.9 Å². The fourth-order valence-corrected chi connectivity index (χ4v) is 3.80. The average Bonchev–Trinajstić information content (AvgIpc) is 3.60. The van der Waals surface area contributed by atoms with Gasteiger partial charge < -0.3 is 19.5 Å². The second-order valence-electron chi connectivity index (χ2n) is 8.67. The lowest BCUT2D eigenvalue weighted by molar-refractivity contribution is -0.140. The van der Waals surface area contributed by atoms with E-state index in [1.54, 1.807) is 26.0 Å². The standard InChI is InChI=1S/C25H27F4N3O3/c1-13(35-16-8-9-16)12-34-22-10-18-20(11-21(22)33-4)31-15(3)32-24(18)30-14(2)17-6-5-7-19(23(17)26)25(27,28)29/h5-7,10-11,13-14,16H,8-9,12H2,1-4H3,(H,30,31,32)/t13-,14+/m0/s1. The highest BCUT2D eigenvalue weighted by atomic mass is 19.4. The van der Waals surface area contributed by atoms with Crippen molar-refractivity contribution in [2.75, 3.05) is 19.0 Å². The molecule has 2 aromatic carbocycles. The Balaban J connectivity index is 1.65. The predicted octanol–water partition coefficient (Wildman–Crippen LogP) is 6.22. The number of hydrogen-bond acceptors (Lipinski definition) is 6. The number of nitrogens with one attached hydrogen (secondary N) is 1. The number of rotatable bonds is 9. The predicted molar refractivity (Wildman–Crippen MR) is 123 cm³/mol. The second kappa shape index (κ2) is 9.85. The molecule has 0 spiro atoms. The molecule has 0 saturated heterocycles. The maximum atomic E-state index is 14.7. The van der Waals surface area contributed by atoms with E-state index >= 15 is 0 Å². The van der Waals surface area contributed by atoms with Crippen LogP contribution in [0.25, 0.3) is 10.9 Å². The summed E-state index contributed by atoms with van der Waals surface area (Å²) in [5.74, 6) is 0.368. The molecular weight excluding hydrogens is 466 g/mol. The van der Waals surface area contributed by atoms with Crippen LogP contribution in [0.15, 0.2) is 30.3 Å². The van der Waals surface area contributed by atoms with Gasteiger partial charge in [-0.15, -0.1) is 0 Å². The number of ether oxygens (including phenoxy) is 3. The minimum atomic E-state index is -4.79. The third-order valence-corrected chi connectivity index (χ3v) is 5.67. The molecule has 4 rings (SSSR count). The molecule has 0 unspecified atom stereocenters. The molecule has 1 fully saturated rings. The minimum Gasteiger partial charge on any atom is -0.493 e. The molecule has 1 saturated carbocycles. The summed E-state index contributed by atoms with van der Waals surface area (Å²) < 4.78 is 71.5. The van der Waals surface area contributed by atoms with E-state index in [1.165, 1.54) is 19.2 Å². The van der Waals surface area contributed by atoms with E-state index in [4.69, 9.17) is 14.2 Å². The van der Waals surface area contributed by atoms with Gasteiger partial charge in [-0.2, -0.15) is 13.2 Å². The number of nitrogens with zero attached hydrogens (tertiary/aromatic N) is 2. The minimum absolute atomic E-state index is 0.112. The van der Waals surface area contributed by atoms with Gasteiger partial charge in [0.2, 0.25) is 0 Å². The van der Waals surface area contributed by atoms with Gasteiger partial charge in [-0.3, -0.25) is 0 Å². The van der Waals surface area contributed by atoms with Crippen molar-refractivity contribution in [2.45, 2.75) is 58.0 Å². The quantitative estimate of drug-likeness (QED) is 0.357. The topological polar surface area (TPSA) is 65.5 Å². The number of methoxy groups -OCH3 is 1. The van der Waals surface area contributed by atoms with Crippen molar-refractivity contribution >= 4 is 16.7 Å². The largest absolute Gasteiger partial charge is 0.493 e. The molecule has 188 valence electrons. The SMILES string of the molecule is COc1cc2nc(C)nc(N[C@H](C)c3cccc(C(F)(F)F)c3F)c2cc1OC[C@H](C)OC1CC1. The van der Waals surface area contributed by atoms with E-state index in [2.05, 4.69) is 15.3 Å². The molecule has 1 heterocycles. The Labute approximate surface area is 200 Å². The van der Waals surface area contributed by atoms with Gasteiger partial charge in [-0.1, -0.05) is 12.1 Å². The molecule has 0 bridgehead atoms. The highest BCUT2D eigenvalue weighted by molar-refractivity contribution is 5.92. The van der Waals surface area contributed by atoms with Crippen LogP contribution in [0, 0.1) is 12.7 Å². The molecule has 10 heteroatoms. The Bertz CT molecular complexity index is 1210. The van der Waals surface area contributed by atoms with Crippen LogP contribution in [0.1, 0.15) is 49.7 Å². The number of halogens is 4. The van der Waals surface area contributed by atoms with E-state index in [9.17, 15) is 17.6 Å². The van der Waals surface area contributed by atoms with Gasteiger partial charge >= 0.3 is 6.18 Å². The average molecular weight is 494 g/mol. The Morgan fingerprint density at radius 3 is 2.51 bits per heavy atom. The normalized spacial score (nSPS) is 15.7. The Morgan fingerprint density at radius 1 is 1.11 bits per heavy atom. The molecule has 0 radical (unpaired) electrons. The zero-order valence-electron chi connectivity index (χ0n) is 19.9. The van der Waals surface area contributed by atoms with Crippen LogP contribution in [0.5, 0.6) is 11.5 Å². The highest BCUT2D eigenvalue weighted by Gasteiger charge is 2.35. The molecule has 1 aliphatic rings. The molecule has 2 atom stereocenters. The molecular formula is C25H27F4N3O3. The summed E-state index contributed by atoms with van der Waals surface area (Å²) in [4.78, 5) is 8.86. The van der Waals surface area contributed by atoms with Crippen molar-refractivity contribution in [3.63, 3.8) is 0 Å². The lowest BCUT2D eigenvalue weighted by atomic mass is 10.0. The van der Waals surface area contributed by atoms with Crippen LogP contribution in [0.3, 0.4) is 0 Å². The number of alkyl halides is 3. The summed E-state index contributed by atoms with van der Waals surface area (Å²) >= 11 is 0. The molecule has 6 nitrogen and oxygen atoms in total. The molecule has 1 aliphatic carbocycles. The second-order valence-corrected chi connectivity index (χ2v) is 8.67. The molecule has 3 aromatic rings. The van der Waals surface area contributed by atoms with Crippen LogP contribution in [0.4, 0.5) is 23.4 Å². The van der Waals surface area contributed by atoms with Gasteiger partial charge in [0, 0.05) is 17.0 Å². The molecule has 0 aliphatic heterocycles. The first kappa shape index (κ1) is 25.0. The summed E-state index contributed by atoms with van der Waals surface area (Å²) in [7, 11) is 1.52. The zero-order chi connectivity index (χ0) is 25.3. The van der Waals surface area contributed by atoms with Crippen LogP contribution in [-0.4, -0.2) is 35.9 Å². The van der Waals surface area contributed by atoms with Crippen molar-refractivity contribution in [3.05, 3.63) is 53.1 Å². The van der Waals surface area contributed by atoms with E-state index in [1.807, 2.05) is 6.92 Å². The molecule has 0 amide bonds. The van der Waals surface area contributed by atoms with E-state index in [0.29, 0.717) is 40.7 Å². The van der Waals surface area contributed by atoms with Crippen molar-refractivity contribution in [1.29, 1.82) is 0 Å². The van der Waals surface area contributed by atoms with Gasteiger partial charge in [0.15, 0.2) is 11.5 Å². The van der Waals surface area contributed by atoms with Crippen molar-refractivity contribution in [3.8, 4) is 11.5 Å². The van der Waals surface area contributed by atoms with Crippen molar-refractivity contribution in [1.82, 2.24) is 9.97 Å². The zero-order valence-corrected chi connectivity index (χ0v) is 19.9. The van der Waals surface area contributed by atoms with Gasteiger partial charge in [-0.25, -0.2) is 14.4 Å².